The minimum atomic E-state index is -0.336. The first-order valence-electron chi connectivity index (χ1n) is 8.82. The molecule has 2 aliphatic heterocycles. The number of aryl methyl sites for hydroxylation is 1. The second-order valence-electron chi connectivity index (χ2n) is 6.85. The number of fused-ring (bicyclic) bond motifs is 1. The van der Waals surface area contributed by atoms with Crippen LogP contribution in [0.5, 0.6) is 0 Å². The number of halogens is 2. The molecule has 7 heteroatoms. The molecule has 1 fully saturated rings. The van der Waals surface area contributed by atoms with Gasteiger partial charge in [0, 0.05) is 23.0 Å². The molecule has 0 spiro atoms. The van der Waals surface area contributed by atoms with Crippen molar-refractivity contribution in [2.24, 2.45) is 0 Å². The van der Waals surface area contributed by atoms with Crippen molar-refractivity contribution in [1.82, 2.24) is 4.90 Å². The van der Waals surface area contributed by atoms with E-state index in [2.05, 4.69) is 11.0 Å². The Morgan fingerprint density at radius 2 is 2.00 bits per heavy atom. The number of anilines is 1. The minimum absolute atomic E-state index is 0.0428. The molecule has 2 aromatic rings. The quantitative estimate of drug-likeness (QED) is 0.694. The molecule has 0 radical (unpaired) electrons. The maximum Gasteiger partial charge on any atom is 0.229 e. The fraction of sp³-hybridized carbons (Fsp3) is 0.238. The molecule has 0 saturated carbocycles. The highest BCUT2D eigenvalue weighted by molar-refractivity contribution is 8.03. The van der Waals surface area contributed by atoms with E-state index in [0.717, 1.165) is 16.8 Å². The fourth-order valence-corrected chi connectivity index (χ4v) is 4.83. The first-order chi connectivity index (χ1) is 13.5. The zero-order valence-electron chi connectivity index (χ0n) is 15.2. The van der Waals surface area contributed by atoms with Gasteiger partial charge in [0.05, 0.1) is 29.2 Å². The summed E-state index contributed by atoms with van der Waals surface area (Å²) >= 11 is 7.72. The highest BCUT2D eigenvalue weighted by Crippen LogP contribution is 2.43. The molecule has 142 valence electrons. The molecule has 1 amide bonds. The van der Waals surface area contributed by atoms with Gasteiger partial charge in [-0.15, -0.1) is 0 Å². The molecular formula is C21H17ClFN3OS. The summed E-state index contributed by atoms with van der Waals surface area (Å²) in [6, 6.07) is 14.1. The molecule has 0 N–H and O–H groups in total. The van der Waals surface area contributed by atoms with Gasteiger partial charge in [0.2, 0.25) is 5.91 Å². The number of nitriles is 1. The molecule has 4 rings (SSSR count). The molecule has 2 heterocycles. The minimum Gasteiger partial charge on any atom is -0.344 e. The predicted octanol–water partition coefficient (Wildman–Crippen LogP) is 5.01. The SMILES string of the molecule is Cc1ccc(N2CSC3=C(C#N)C(c4ccc(F)cc4)CC(=O)N3C2)cc1Cl. The number of carbonyl (C=O) groups excluding carboxylic acids is 1. The summed E-state index contributed by atoms with van der Waals surface area (Å²) in [6.45, 7) is 2.32. The van der Waals surface area contributed by atoms with Crippen LogP contribution in [0, 0.1) is 24.1 Å². The number of hydrogen-bond acceptors (Lipinski definition) is 4. The van der Waals surface area contributed by atoms with Crippen LogP contribution in [0.2, 0.25) is 5.02 Å². The van der Waals surface area contributed by atoms with E-state index >= 15 is 0 Å². The van der Waals surface area contributed by atoms with E-state index in [0.29, 0.717) is 28.2 Å². The summed E-state index contributed by atoms with van der Waals surface area (Å²) in [4.78, 5) is 16.6. The maximum absolute atomic E-state index is 13.3. The first kappa shape index (κ1) is 18.9. The Morgan fingerprint density at radius 1 is 1.25 bits per heavy atom. The number of thioether (sulfide) groups is 1. The van der Waals surface area contributed by atoms with Crippen LogP contribution in [0.25, 0.3) is 0 Å². The van der Waals surface area contributed by atoms with Crippen LogP contribution in [0.4, 0.5) is 10.1 Å². The van der Waals surface area contributed by atoms with Crippen molar-refractivity contribution >= 4 is 35.0 Å². The van der Waals surface area contributed by atoms with Gasteiger partial charge in [-0.3, -0.25) is 9.69 Å². The van der Waals surface area contributed by atoms with Gasteiger partial charge < -0.3 is 4.90 Å². The fourth-order valence-electron chi connectivity index (χ4n) is 3.48. The summed E-state index contributed by atoms with van der Waals surface area (Å²) in [6.07, 6.45) is 0.196. The maximum atomic E-state index is 13.3. The Labute approximate surface area is 172 Å². The molecule has 2 aliphatic rings. The van der Waals surface area contributed by atoms with Crippen molar-refractivity contribution in [3.05, 3.63) is 75.0 Å². The Morgan fingerprint density at radius 3 is 2.68 bits per heavy atom. The zero-order valence-corrected chi connectivity index (χ0v) is 16.7. The number of nitrogens with zero attached hydrogens (tertiary/aromatic N) is 3. The molecule has 4 nitrogen and oxygen atoms in total. The molecule has 1 saturated heterocycles. The van der Waals surface area contributed by atoms with Gasteiger partial charge in [-0.25, -0.2) is 4.39 Å². The van der Waals surface area contributed by atoms with Gasteiger partial charge >= 0.3 is 0 Å². The number of amides is 1. The van der Waals surface area contributed by atoms with Crippen LogP contribution in [-0.2, 0) is 4.79 Å². The summed E-state index contributed by atoms with van der Waals surface area (Å²) in [5.74, 6) is -0.103. The number of rotatable bonds is 2. The van der Waals surface area contributed by atoms with Gasteiger partial charge in [-0.2, -0.15) is 5.26 Å². The second kappa shape index (κ2) is 7.50. The average molecular weight is 414 g/mol. The van der Waals surface area contributed by atoms with Crippen LogP contribution < -0.4 is 4.90 Å². The van der Waals surface area contributed by atoms with Crippen molar-refractivity contribution in [1.29, 1.82) is 5.26 Å². The first-order valence-corrected chi connectivity index (χ1v) is 10.2. The van der Waals surface area contributed by atoms with Crippen LogP contribution in [0.1, 0.15) is 23.5 Å². The van der Waals surface area contributed by atoms with E-state index in [4.69, 9.17) is 11.6 Å². The highest BCUT2D eigenvalue weighted by Gasteiger charge is 2.38. The highest BCUT2D eigenvalue weighted by atomic mass is 35.5. The van der Waals surface area contributed by atoms with Crippen molar-refractivity contribution in [2.45, 2.75) is 19.3 Å². The molecule has 2 aromatic carbocycles. The van der Waals surface area contributed by atoms with Crippen molar-refractivity contribution in [3.63, 3.8) is 0 Å². The van der Waals surface area contributed by atoms with Gasteiger partial charge in [-0.05, 0) is 42.3 Å². The topological polar surface area (TPSA) is 47.3 Å². The third-order valence-electron chi connectivity index (χ3n) is 5.09. The standard InChI is InChI=1S/C21H17ClFN3OS/c1-13-2-7-16(8-19(13)22)25-11-26-20(27)9-17(14-3-5-15(23)6-4-14)18(10-24)21(26)28-12-25/h2-8,17H,9,11-12H2,1H3. The number of benzene rings is 2. The predicted molar refractivity (Wildman–Crippen MR) is 109 cm³/mol. The molecule has 1 unspecified atom stereocenters. The van der Waals surface area contributed by atoms with E-state index in [1.54, 1.807) is 17.0 Å². The smallest absolute Gasteiger partial charge is 0.229 e. The third kappa shape index (κ3) is 3.36. The molecule has 28 heavy (non-hydrogen) atoms. The van der Waals surface area contributed by atoms with Crippen LogP contribution in [0.3, 0.4) is 0 Å². The lowest BCUT2D eigenvalue weighted by atomic mass is 9.86. The average Bonchev–Trinajstić information content (AvgIpc) is 2.70. The Balaban J connectivity index is 1.65. The van der Waals surface area contributed by atoms with Gasteiger partial charge in [0.25, 0.3) is 0 Å². The van der Waals surface area contributed by atoms with Crippen molar-refractivity contribution in [3.8, 4) is 6.07 Å². The Hall–Kier alpha value is -2.49. The molecule has 0 aliphatic carbocycles. The van der Waals surface area contributed by atoms with Gasteiger partial charge in [0.15, 0.2) is 0 Å². The second-order valence-corrected chi connectivity index (χ2v) is 8.19. The van der Waals surface area contributed by atoms with Crippen LogP contribution >= 0.6 is 23.4 Å². The van der Waals surface area contributed by atoms with E-state index in [1.165, 1.54) is 23.9 Å². The lowest BCUT2D eigenvalue weighted by Crippen LogP contribution is -2.47. The third-order valence-corrected chi connectivity index (χ3v) is 6.65. The number of hydrogen-bond donors (Lipinski definition) is 0. The normalized spacial score (nSPS) is 19.5. The van der Waals surface area contributed by atoms with Gasteiger partial charge in [-0.1, -0.05) is 41.6 Å². The largest absolute Gasteiger partial charge is 0.344 e. The number of allylic oxidation sites excluding steroid dienone is 1. The lowest BCUT2D eigenvalue weighted by molar-refractivity contribution is -0.129. The van der Waals surface area contributed by atoms with Crippen molar-refractivity contribution in [2.75, 3.05) is 17.4 Å². The van der Waals surface area contributed by atoms with Crippen molar-refractivity contribution < 1.29 is 9.18 Å². The Bertz CT molecular complexity index is 1020. The molecular weight excluding hydrogens is 397 g/mol. The summed E-state index contributed by atoms with van der Waals surface area (Å²) in [7, 11) is 0. The number of carbonyl (C=O) groups is 1. The zero-order chi connectivity index (χ0) is 19.8. The molecule has 1 atom stereocenters. The van der Waals surface area contributed by atoms with E-state index in [-0.39, 0.29) is 24.1 Å². The summed E-state index contributed by atoms with van der Waals surface area (Å²) in [5, 5.41) is 11.2. The molecule has 0 aromatic heterocycles. The monoisotopic (exact) mass is 413 g/mol. The Kier molecular flexibility index (Phi) is 5.05. The van der Waals surface area contributed by atoms with Gasteiger partial charge in [0.1, 0.15) is 5.82 Å². The molecule has 0 bridgehead atoms. The van der Waals surface area contributed by atoms with E-state index in [1.807, 2.05) is 25.1 Å². The van der Waals surface area contributed by atoms with E-state index in [9.17, 15) is 14.4 Å². The summed E-state index contributed by atoms with van der Waals surface area (Å²) in [5.41, 5.74) is 3.29. The lowest BCUT2D eigenvalue weighted by Gasteiger charge is -2.42. The summed E-state index contributed by atoms with van der Waals surface area (Å²) < 4.78 is 13.3. The van der Waals surface area contributed by atoms with Crippen LogP contribution in [0.15, 0.2) is 53.1 Å². The van der Waals surface area contributed by atoms with Crippen LogP contribution in [-0.4, -0.2) is 23.4 Å². The van der Waals surface area contributed by atoms with E-state index < -0.39 is 0 Å².